The molecule has 3 heterocycles. The minimum atomic E-state index is -0.425. The number of aromatic amines is 1. The molecule has 26 heavy (non-hydrogen) atoms. The Morgan fingerprint density at radius 3 is 3.08 bits per heavy atom. The fraction of sp³-hybridized carbons (Fsp3) is 0.500. The number of carbonyl (C=O) groups excluding carboxylic acids is 2. The Hall–Kier alpha value is -2.19. The zero-order valence-electron chi connectivity index (χ0n) is 15.0. The predicted octanol–water partition coefficient (Wildman–Crippen LogP) is 2.89. The summed E-state index contributed by atoms with van der Waals surface area (Å²) in [4.78, 5) is 31.1. The third-order valence-electron chi connectivity index (χ3n) is 4.78. The molecule has 2 aromatic rings. The lowest BCUT2D eigenvalue weighted by Gasteiger charge is -2.27. The summed E-state index contributed by atoms with van der Waals surface area (Å²) in [6.45, 7) is 4.21. The third-order valence-corrected chi connectivity index (χ3v) is 5.54. The van der Waals surface area contributed by atoms with Crippen molar-refractivity contribution >= 4 is 28.3 Å². The van der Waals surface area contributed by atoms with E-state index in [1.807, 2.05) is 5.38 Å². The van der Waals surface area contributed by atoms with E-state index in [1.165, 1.54) is 31.3 Å². The largest absolute Gasteiger partial charge is 0.464 e. The van der Waals surface area contributed by atoms with Gasteiger partial charge in [-0.1, -0.05) is 6.92 Å². The van der Waals surface area contributed by atoms with Crippen molar-refractivity contribution in [2.45, 2.75) is 26.2 Å². The van der Waals surface area contributed by atoms with Gasteiger partial charge in [0.25, 0.3) is 0 Å². The van der Waals surface area contributed by atoms with E-state index in [-0.39, 0.29) is 5.91 Å². The normalized spacial score (nSPS) is 18.3. The fourth-order valence-corrected chi connectivity index (χ4v) is 3.96. The summed E-state index contributed by atoms with van der Waals surface area (Å²) >= 11 is 1.37. The van der Waals surface area contributed by atoms with E-state index in [9.17, 15) is 9.59 Å². The molecule has 1 aliphatic rings. The van der Waals surface area contributed by atoms with Gasteiger partial charge in [0.2, 0.25) is 5.91 Å². The number of thiazole rings is 1. The second kappa shape index (κ2) is 8.46. The third kappa shape index (κ3) is 4.50. The van der Waals surface area contributed by atoms with E-state index in [4.69, 9.17) is 0 Å². The van der Waals surface area contributed by atoms with Crippen LogP contribution >= 0.6 is 11.3 Å². The van der Waals surface area contributed by atoms with Crippen LogP contribution in [0.4, 0.5) is 5.13 Å². The summed E-state index contributed by atoms with van der Waals surface area (Å²) in [5.41, 5.74) is 1.86. The standard InChI is InChI=1S/C18H24N4O3S/c1-11(12-4-3-5-19-8-12)6-16(23)22-18-21-15(10-26-18)13-7-14(20-9-13)17(24)25-2/h7,9-12,19-20H,3-6,8H2,1-2H3,(H,21,22,23). The van der Waals surface area contributed by atoms with Crippen LogP contribution in [0.2, 0.25) is 0 Å². The maximum absolute atomic E-state index is 12.3. The van der Waals surface area contributed by atoms with E-state index >= 15 is 0 Å². The number of nitrogens with zero attached hydrogens (tertiary/aromatic N) is 1. The molecule has 2 unspecified atom stereocenters. The molecule has 8 heteroatoms. The van der Waals surface area contributed by atoms with Gasteiger partial charge in [-0.05, 0) is 43.8 Å². The molecule has 2 aromatic heterocycles. The molecular formula is C18H24N4O3S. The molecule has 0 aliphatic carbocycles. The number of amides is 1. The number of anilines is 1. The molecule has 0 saturated carbocycles. The minimum Gasteiger partial charge on any atom is -0.464 e. The molecule has 0 aromatic carbocycles. The lowest BCUT2D eigenvalue weighted by molar-refractivity contribution is -0.117. The van der Waals surface area contributed by atoms with Gasteiger partial charge in [-0.3, -0.25) is 4.79 Å². The number of methoxy groups -OCH3 is 1. The van der Waals surface area contributed by atoms with Crippen LogP contribution in [-0.4, -0.2) is 42.0 Å². The van der Waals surface area contributed by atoms with Gasteiger partial charge in [0.1, 0.15) is 5.69 Å². The Balaban J connectivity index is 1.56. The second-order valence-corrected chi connectivity index (χ2v) is 7.53. The first-order valence-corrected chi connectivity index (χ1v) is 9.68. The number of esters is 1. The second-order valence-electron chi connectivity index (χ2n) is 6.67. The number of hydrogen-bond acceptors (Lipinski definition) is 6. The van der Waals surface area contributed by atoms with Gasteiger partial charge in [-0.2, -0.15) is 0 Å². The molecule has 3 N–H and O–H groups in total. The molecule has 1 aliphatic heterocycles. The molecule has 3 rings (SSSR count). The first kappa shape index (κ1) is 18.6. The zero-order valence-corrected chi connectivity index (χ0v) is 15.8. The molecule has 1 saturated heterocycles. The summed E-state index contributed by atoms with van der Waals surface area (Å²) in [5.74, 6) is 0.465. The Labute approximate surface area is 156 Å². The van der Waals surface area contributed by atoms with Crippen LogP contribution in [0, 0.1) is 11.8 Å². The number of H-pyrrole nitrogens is 1. The fourth-order valence-electron chi connectivity index (χ4n) is 3.23. The van der Waals surface area contributed by atoms with Crippen LogP contribution in [0.15, 0.2) is 17.6 Å². The van der Waals surface area contributed by atoms with Gasteiger partial charge in [0, 0.05) is 23.6 Å². The first-order valence-electron chi connectivity index (χ1n) is 8.80. The maximum Gasteiger partial charge on any atom is 0.354 e. The summed E-state index contributed by atoms with van der Waals surface area (Å²) in [6.07, 6.45) is 4.55. The van der Waals surface area contributed by atoms with Crippen molar-refractivity contribution in [1.82, 2.24) is 15.3 Å². The van der Waals surface area contributed by atoms with E-state index < -0.39 is 5.97 Å². The average molecular weight is 376 g/mol. The van der Waals surface area contributed by atoms with E-state index in [0.29, 0.717) is 34.8 Å². The molecule has 0 radical (unpaired) electrons. The topological polar surface area (TPSA) is 96.1 Å². The summed E-state index contributed by atoms with van der Waals surface area (Å²) < 4.78 is 4.68. The Morgan fingerprint density at radius 2 is 2.35 bits per heavy atom. The molecule has 7 nitrogen and oxygen atoms in total. The zero-order chi connectivity index (χ0) is 18.5. The van der Waals surface area contributed by atoms with E-state index in [1.54, 1.807) is 12.3 Å². The molecule has 2 atom stereocenters. The van der Waals surface area contributed by atoms with Crippen molar-refractivity contribution in [1.29, 1.82) is 0 Å². The summed E-state index contributed by atoms with van der Waals surface area (Å²) in [7, 11) is 1.34. The quantitative estimate of drug-likeness (QED) is 0.674. The van der Waals surface area contributed by atoms with Crippen LogP contribution in [0.25, 0.3) is 11.3 Å². The average Bonchev–Trinajstić information content (AvgIpc) is 3.31. The van der Waals surface area contributed by atoms with Crippen LogP contribution < -0.4 is 10.6 Å². The Kier molecular flexibility index (Phi) is 6.05. The molecule has 140 valence electrons. The minimum absolute atomic E-state index is 0.00621. The van der Waals surface area contributed by atoms with Gasteiger partial charge in [0.05, 0.1) is 12.8 Å². The first-order chi connectivity index (χ1) is 12.6. The van der Waals surface area contributed by atoms with Gasteiger partial charge < -0.3 is 20.4 Å². The number of ether oxygens (including phenoxy) is 1. The highest BCUT2D eigenvalue weighted by atomic mass is 32.1. The van der Waals surface area contributed by atoms with Gasteiger partial charge in [-0.15, -0.1) is 11.3 Å². The van der Waals surface area contributed by atoms with Gasteiger partial charge >= 0.3 is 5.97 Å². The lowest BCUT2D eigenvalue weighted by atomic mass is 9.85. The van der Waals surface area contributed by atoms with Crippen molar-refractivity contribution in [3.63, 3.8) is 0 Å². The summed E-state index contributed by atoms with van der Waals surface area (Å²) in [5, 5.41) is 8.71. The van der Waals surface area contributed by atoms with Crippen molar-refractivity contribution in [3.8, 4) is 11.3 Å². The van der Waals surface area contributed by atoms with E-state index in [2.05, 4.69) is 32.3 Å². The van der Waals surface area contributed by atoms with Crippen LogP contribution in [-0.2, 0) is 9.53 Å². The van der Waals surface area contributed by atoms with Crippen molar-refractivity contribution in [3.05, 3.63) is 23.3 Å². The summed E-state index contributed by atoms with van der Waals surface area (Å²) in [6, 6.07) is 1.69. The monoisotopic (exact) mass is 376 g/mol. The van der Waals surface area contributed by atoms with Gasteiger partial charge in [-0.25, -0.2) is 9.78 Å². The molecule has 0 bridgehead atoms. The lowest BCUT2D eigenvalue weighted by Crippen LogP contribution is -2.34. The molecule has 0 spiro atoms. The SMILES string of the molecule is COC(=O)c1cc(-c2csc(NC(=O)CC(C)C3CCCNC3)n2)c[nH]1. The molecular weight excluding hydrogens is 352 g/mol. The smallest absolute Gasteiger partial charge is 0.354 e. The number of piperidine rings is 1. The highest BCUT2D eigenvalue weighted by molar-refractivity contribution is 7.14. The van der Waals surface area contributed by atoms with Crippen LogP contribution in [0.3, 0.4) is 0 Å². The van der Waals surface area contributed by atoms with E-state index in [0.717, 1.165) is 18.7 Å². The molecule has 1 amide bonds. The van der Waals surface area contributed by atoms with Gasteiger partial charge in [0.15, 0.2) is 5.13 Å². The highest BCUT2D eigenvalue weighted by Gasteiger charge is 2.22. The number of nitrogens with one attached hydrogen (secondary N) is 3. The van der Waals surface area contributed by atoms with Crippen LogP contribution in [0.5, 0.6) is 0 Å². The maximum atomic E-state index is 12.3. The number of carbonyl (C=O) groups is 2. The number of rotatable bonds is 6. The van der Waals surface area contributed by atoms with Crippen molar-refractivity contribution in [2.75, 3.05) is 25.5 Å². The van der Waals surface area contributed by atoms with Crippen molar-refractivity contribution in [2.24, 2.45) is 11.8 Å². The Bertz CT molecular complexity index is 764. The van der Waals surface area contributed by atoms with Crippen molar-refractivity contribution < 1.29 is 14.3 Å². The Morgan fingerprint density at radius 1 is 1.50 bits per heavy atom. The van der Waals surface area contributed by atoms with Crippen LogP contribution in [0.1, 0.15) is 36.7 Å². The highest BCUT2D eigenvalue weighted by Crippen LogP contribution is 2.27. The predicted molar refractivity (Wildman–Crippen MR) is 101 cm³/mol. The number of hydrogen-bond donors (Lipinski definition) is 3. The molecule has 1 fully saturated rings. The number of aromatic nitrogens is 2.